The molecule has 1 heterocycles. The van der Waals surface area contributed by atoms with E-state index < -0.39 is 0 Å². The van der Waals surface area contributed by atoms with E-state index in [1.165, 1.54) is 6.42 Å². The molecular formula is C21H32IN7. The van der Waals surface area contributed by atoms with E-state index in [-0.39, 0.29) is 24.0 Å². The predicted molar refractivity (Wildman–Crippen MR) is 130 cm³/mol. The molecule has 0 bridgehead atoms. The van der Waals surface area contributed by atoms with Gasteiger partial charge in [0.05, 0.1) is 11.4 Å². The molecule has 2 rings (SSSR count). The summed E-state index contributed by atoms with van der Waals surface area (Å²) in [5, 5.41) is 20.7. The van der Waals surface area contributed by atoms with Crippen LogP contribution in [0.5, 0.6) is 0 Å². The van der Waals surface area contributed by atoms with E-state index in [1.807, 2.05) is 30.3 Å². The molecule has 0 radical (unpaired) electrons. The summed E-state index contributed by atoms with van der Waals surface area (Å²) in [4.78, 5) is 4.24. The van der Waals surface area contributed by atoms with Crippen molar-refractivity contribution in [2.24, 2.45) is 10.9 Å². The summed E-state index contributed by atoms with van der Waals surface area (Å²) in [6, 6.07) is 11.8. The van der Waals surface area contributed by atoms with Crippen molar-refractivity contribution in [3.05, 3.63) is 41.6 Å². The third-order valence-electron chi connectivity index (χ3n) is 4.46. The number of halogens is 1. The second kappa shape index (κ2) is 13.0. The smallest absolute Gasteiger partial charge is 0.190 e. The molecule has 4 N–H and O–H groups in total. The van der Waals surface area contributed by atoms with Gasteiger partial charge in [0.1, 0.15) is 17.5 Å². The van der Waals surface area contributed by atoms with E-state index >= 15 is 0 Å². The van der Waals surface area contributed by atoms with Crippen molar-refractivity contribution >= 4 is 35.8 Å². The van der Waals surface area contributed by atoms with Gasteiger partial charge in [-0.05, 0) is 43.7 Å². The Balaban J connectivity index is 0.00000420. The molecule has 0 spiro atoms. The molecule has 158 valence electrons. The Hall–Kier alpha value is -2.28. The van der Waals surface area contributed by atoms with E-state index in [1.54, 1.807) is 11.7 Å². The molecule has 0 atom stereocenters. The highest BCUT2D eigenvalue weighted by molar-refractivity contribution is 14.0. The minimum atomic E-state index is 0. The minimum absolute atomic E-state index is 0. The van der Waals surface area contributed by atoms with Gasteiger partial charge in [0.2, 0.25) is 0 Å². The number of nitrogens with two attached hydrogens (primary N) is 1. The van der Waals surface area contributed by atoms with E-state index in [2.05, 4.69) is 40.6 Å². The molecule has 0 saturated heterocycles. The maximum atomic E-state index is 9.47. The third-order valence-corrected chi connectivity index (χ3v) is 4.46. The first-order valence-corrected chi connectivity index (χ1v) is 9.84. The van der Waals surface area contributed by atoms with Crippen molar-refractivity contribution in [1.82, 2.24) is 20.4 Å². The van der Waals surface area contributed by atoms with Crippen LogP contribution in [0, 0.1) is 17.2 Å². The van der Waals surface area contributed by atoms with Gasteiger partial charge in [-0.3, -0.25) is 4.99 Å². The lowest BCUT2D eigenvalue weighted by Gasteiger charge is -2.12. The highest BCUT2D eigenvalue weighted by atomic mass is 127. The number of hydrogen-bond donors (Lipinski definition) is 3. The Morgan fingerprint density at radius 3 is 2.45 bits per heavy atom. The fourth-order valence-electron chi connectivity index (χ4n) is 2.94. The number of nitriles is 1. The van der Waals surface area contributed by atoms with Gasteiger partial charge in [0, 0.05) is 20.1 Å². The first-order valence-electron chi connectivity index (χ1n) is 9.84. The fourth-order valence-corrected chi connectivity index (χ4v) is 2.94. The first kappa shape index (κ1) is 24.8. The van der Waals surface area contributed by atoms with E-state index in [4.69, 9.17) is 5.73 Å². The van der Waals surface area contributed by atoms with Gasteiger partial charge in [-0.15, -0.1) is 24.0 Å². The van der Waals surface area contributed by atoms with Crippen molar-refractivity contribution in [3.63, 3.8) is 0 Å². The molecule has 0 unspecified atom stereocenters. The average Bonchev–Trinajstić information content (AvgIpc) is 3.02. The second-order valence-corrected chi connectivity index (χ2v) is 7.13. The summed E-state index contributed by atoms with van der Waals surface area (Å²) < 4.78 is 1.64. The predicted octanol–water partition coefficient (Wildman–Crippen LogP) is 3.48. The summed E-state index contributed by atoms with van der Waals surface area (Å²) >= 11 is 0. The maximum absolute atomic E-state index is 9.47. The Kier molecular flexibility index (Phi) is 11.1. The van der Waals surface area contributed by atoms with Crippen LogP contribution in [0.3, 0.4) is 0 Å². The molecule has 0 amide bonds. The van der Waals surface area contributed by atoms with Crippen LogP contribution in [0.2, 0.25) is 0 Å². The lowest BCUT2D eigenvalue weighted by Crippen LogP contribution is -2.38. The van der Waals surface area contributed by atoms with Crippen LogP contribution in [0.15, 0.2) is 35.3 Å². The van der Waals surface area contributed by atoms with Gasteiger partial charge in [-0.2, -0.15) is 10.4 Å². The van der Waals surface area contributed by atoms with Crippen LogP contribution < -0.4 is 16.4 Å². The molecule has 0 saturated carbocycles. The number of aromatic nitrogens is 2. The number of rotatable bonds is 9. The number of nitrogens with one attached hydrogen (secondary N) is 2. The van der Waals surface area contributed by atoms with Crippen molar-refractivity contribution in [1.29, 1.82) is 5.26 Å². The molecule has 29 heavy (non-hydrogen) atoms. The monoisotopic (exact) mass is 509 g/mol. The van der Waals surface area contributed by atoms with Crippen molar-refractivity contribution in [2.75, 3.05) is 25.9 Å². The van der Waals surface area contributed by atoms with Gasteiger partial charge in [-0.1, -0.05) is 32.0 Å². The number of anilines is 1. The van der Waals surface area contributed by atoms with Crippen molar-refractivity contribution < 1.29 is 0 Å². The molecule has 0 aliphatic carbocycles. The van der Waals surface area contributed by atoms with Crippen LogP contribution in [-0.2, 0) is 6.42 Å². The quantitative estimate of drug-likeness (QED) is 0.208. The number of aliphatic imine (C=N–C) groups is 1. The van der Waals surface area contributed by atoms with Crippen molar-refractivity contribution in [3.8, 4) is 11.8 Å². The summed E-state index contributed by atoms with van der Waals surface area (Å²) in [7, 11) is 1.77. The number of nitrogen functional groups attached to an aromatic ring is 1. The maximum Gasteiger partial charge on any atom is 0.190 e. The molecule has 0 aliphatic rings. The first-order chi connectivity index (χ1) is 13.6. The summed E-state index contributed by atoms with van der Waals surface area (Å²) in [6.07, 6.45) is 3.82. The van der Waals surface area contributed by atoms with Crippen LogP contribution in [-0.4, -0.2) is 35.9 Å². The van der Waals surface area contributed by atoms with Crippen LogP contribution in [0.1, 0.15) is 44.4 Å². The molecule has 7 nitrogen and oxygen atoms in total. The highest BCUT2D eigenvalue weighted by Gasteiger charge is 2.16. The number of benzene rings is 1. The van der Waals surface area contributed by atoms with Gasteiger partial charge >= 0.3 is 0 Å². The molecule has 0 fully saturated rings. The zero-order valence-corrected chi connectivity index (χ0v) is 19.8. The number of para-hydroxylation sites is 1. The van der Waals surface area contributed by atoms with Gasteiger partial charge in [-0.25, -0.2) is 4.68 Å². The third kappa shape index (κ3) is 7.57. The van der Waals surface area contributed by atoms with Gasteiger partial charge in [0.25, 0.3) is 0 Å². The largest absolute Gasteiger partial charge is 0.382 e. The number of guanidine groups is 1. The van der Waals surface area contributed by atoms with E-state index in [0.29, 0.717) is 23.7 Å². The summed E-state index contributed by atoms with van der Waals surface area (Å²) in [5.74, 6) is 1.91. The number of nitrogens with zero attached hydrogens (tertiary/aromatic N) is 4. The Morgan fingerprint density at radius 1 is 1.21 bits per heavy atom. The molecule has 0 aliphatic heterocycles. The average molecular weight is 509 g/mol. The standard InChI is InChI=1S/C21H31N7.HI/c1-16(2)9-7-13-25-21(24-3)26-14-8-12-19-18(15-22)20(23)28(27-19)17-10-5-4-6-11-17;/h4-6,10-11,16H,7-9,12-14,23H2,1-3H3,(H2,24,25,26);1H. The summed E-state index contributed by atoms with van der Waals surface area (Å²) in [5.41, 5.74) is 8.18. The number of hydrogen-bond acceptors (Lipinski definition) is 4. The number of aryl methyl sites for hydroxylation is 1. The van der Waals surface area contributed by atoms with Crippen LogP contribution in [0.4, 0.5) is 5.82 Å². The lowest BCUT2D eigenvalue weighted by molar-refractivity contribution is 0.549. The molecular weight excluding hydrogens is 477 g/mol. The Bertz CT molecular complexity index is 806. The van der Waals surface area contributed by atoms with Crippen molar-refractivity contribution in [2.45, 2.75) is 39.5 Å². The minimum Gasteiger partial charge on any atom is -0.382 e. The topological polar surface area (TPSA) is 104 Å². The molecule has 1 aromatic carbocycles. The van der Waals surface area contributed by atoms with Gasteiger partial charge in [0.15, 0.2) is 5.96 Å². The Morgan fingerprint density at radius 2 is 1.86 bits per heavy atom. The Labute approximate surface area is 190 Å². The molecule has 2 aromatic rings. The van der Waals surface area contributed by atoms with Crippen LogP contribution in [0.25, 0.3) is 5.69 Å². The van der Waals surface area contributed by atoms with E-state index in [9.17, 15) is 5.26 Å². The lowest BCUT2D eigenvalue weighted by atomic mass is 10.1. The zero-order valence-electron chi connectivity index (χ0n) is 17.5. The normalized spacial score (nSPS) is 11.1. The van der Waals surface area contributed by atoms with Gasteiger partial charge < -0.3 is 16.4 Å². The highest BCUT2D eigenvalue weighted by Crippen LogP contribution is 2.21. The molecule has 8 heteroatoms. The summed E-state index contributed by atoms with van der Waals surface area (Å²) in [6.45, 7) is 6.12. The SMILES string of the molecule is CN=C(NCCCc1nn(-c2ccccc2)c(N)c1C#N)NCCCC(C)C.I. The fraction of sp³-hybridized carbons (Fsp3) is 0.476. The van der Waals surface area contributed by atoms with E-state index in [0.717, 1.165) is 43.3 Å². The zero-order chi connectivity index (χ0) is 20.4. The second-order valence-electron chi connectivity index (χ2n) is 7.13. The van der Waals surface area contributed by atoms with Crippen LogP contribution >= 0.6 is 24.0 Å². The molecule has 1 aromatic heterocycles.